The highest BCUT2D eigenvalue weighted by atomic mass is 35.5. The molecule has 10 heteroatoms. The molecule has 1 atom stereocenters. The third kappa shape index (κ3) is 2.44. The molecule has 27 heavy (non-hydrogen) atoms. The first-order valence-electron chi connectivity index (χ1n) is 7.14. The van der Waals surface area contributed by atoms with Gasteiger partial charge in [-0.15, -0.1) is 0 Å². The third-order valence-electron chi connectivity index (χ3n) is 4.09. The molecule has 0 amide bonds. The van der Waals surface area contributed by atoms with Crippen molar-refractivity contribution in [2.45, 2.75) is 17.4 Å². The standard InChI is InChI=1S/C17H7ClF4N2O3/c18-9-3-8(6-23)4-10(5-9)27-12-2-1-11-13(14(12)19)17(25,26)15(20,7-24)16(11,21)22/h1-5,25-26H. The molecular formula is C17H7ClF4N2O3. The van der Waals surface area contributed by atoms with Gasteiger partial charge in [0.1, 0.15) is 11.8 Å². The van der Waals surface area contributed by atoms with Gasteiger partial charge in [-0.1, -0.05) is 11.6 Å². The van der Waals surface area contributed by atoms with E-state index < -0.39 is 40.1 Å². The summed E-state index contributed by atoms with van der Waals surface area (Å²) in [7, 11) is 0. The van der Waals surface area contributed by atoms with Crippen LogP contribution in [-0.4, -0.2) is 15.9 Å². The number of nitrogens with zero attached hydrogens (tertiary/aromatic N) is 2. The Kier molecular flexibility index (Phi) is 4.08. The predicted molar refractivity (Wildman–Crippen MR) is 82.1 cm³/mol. The van der Waals surface area contributed by atoms with Crippen molar-refractivity contribution >= 4 is 11.6 Å². The fourth-order valence-electron chi connectivity index (χ4n) is 2.78. The molecule has 3 rings (SSSR count). The van der Waals surface area contributed by atoms with Crippen LogP contribution in [0.15, 0.2) is 30.3 Å². The van der Waals surface area contributed by atoms with Crippen molar-refractivity contribution in [1.82, 2.24) is 0 Å². The van der Waals surface area contributed by atoms with E-state index in [9.17, 15) is 27.8 Å². The van der Waals surface area contributed by atoms with Crippen LogP contribution in [0.25, 0.3) is 0 Å². The zero-order chi connectivity index (χ0) is 20.2. The minimum Gasteiger partial charge on any atom is -0.454 e. The van der Waals surface area contributed by atoms with Gasteiger partial charge in [-0.2, -0.15) is 19.3 Å². The van der Waals surface area contributed by atoms with Crippen LogP contribution in [0.3, 0.4) is 0 Å². The van der Waals surface area contributed by atoms with Crippen molar-refractivity contribution in [3.05, 3.63) is 57.9 Å². The highest BCUT2D eigenvalue weighted by Crippen LogP contribution is 2.59. The van der Waals surface area contributed by atoms with Gasteiger partial charge in [0, 0.05) is 10.6 Å². The average Bonchev–Trinajstić information content (AvgIpc) is 2.72. The topological polar surface area (TPSA) is 97.3 Å². The molecule has 0 saturated heterocycles. The van der Waals surface area contributed by atoms with Gasteiger partial charge in [0.2, 0.25) is 5.79 Å². The molecule has 0 saturated carbocycles. The predicted octanol–water partition coefficient (Wildman–Crippen LogP) is 3.62. The second kappa shape index (κ2) is 5.83. The number of nitriles is 2. The van der Waals surface area contributed by atoms with Crippen molar-refractivity contribution in [3.63, 3.8) is 0 Å². The number of aliphatic hydroxyl groups is 2. The van der Waals surface area contributed by atoms with Crippen molar-refractivity contribution in [1.29, 1.82) is 10.5 Å². The van der Waals surface area contributed by atoms with Crippen molar-refractivity contribution < 1.29 is 32.5 Å². The maximum atomic E-state index is 14.7. The number of alkyl halides is 3. The summed E-state index contributed by atoms with van der Waals surface area (Å²) < 4.78 is 62.6. The van der Waals surface area contributed by atoms with E-state index in [0.717, 1.165) is 6.07 Å². The molecule has 138 valence electrons. The molecular weight excluding hydrogens is 392 g/mol. The minimum atomic E-state index is -4.69. The van der Waals surface area contributed by atoms with Crippen molar-refractivity contribution in [2.75, 3.05) is 0 Å². The average molecular weight is 399 g/mol. The molecule has 0 heterocycles. The van der Waals surface area contributed by atoms with E-state index in [4.69, 9.17) is 26.9 Å². The number of rotatable bonds is 2. The van der Waals surface area contributed by atoms with Gasteiger partial charge in [0.25, 0.3) is 0 Å². The Morgan fingerprint density at radius 1 is 1.07 bits per heavy atom. The monoisotopic (exact) mass is 398 g/mol. The fraction of sp³-hybridized carbons (Fsp3) is 0.176. The molecule has 0 aromatic heterocycles. The lowest BCUT2D eigenvalue weighted by Crippen LogP contribution is -2.51. The van der Waals surface area contributed by atoms with Crippen LogP contribution in [0.5, 0.6) is 11.5 Å². The highest BCUT2D eigenvalue weighted by Gasteiger charge is 2.77. The Balaban J connectivity index is 2.16. The SMILES string of the molecule is N#Cc1cc(Cl)cc(Oc2ccc3c(c2F)C(O)(O)C(F)(C#N)C3(F)F)c1. The number of hydrogen-bond acceptors (Lipinski definition) is 5. The summed E-state index contributed by atoms with van der Waals surface area (Å²) in [6, 6.07) is 7.12. The number of fused-ring (bicyclic) bond motifs is 1. The Hall–Kier alpha value is -2.85. The van der Waals surface area contributed by atoms with E-state index in [2.05, 4.69) is 0 Å². The second-order valence-electron chi connectivity index (χ2n) is 5.71. The first kappa shape index (κ1) is 18.9. The van der Waals surface area contributed by atoms with Gasteiger partial charge >= 0.3 is 11.6 Å². The zero-order valence-electron chi connectivity index (χ0n) is 13.0. The smallest absolute Gasteiger partial charge is 0.326 e. The number of halogens is 5. The van der Waals surface area contributed by atoms with Crippen LogP contribution in [-0.2, 0) is 11.7 Å². The maximum Gasteiger partial charge on any atom is 0.326 e. The molecule has 2 aromatic rings. The van der Waals surface area contributed by atoms with E-state index in [1.165, 1.54) is 12.1 Å². The second-order valence-corrected chi connectivity index (χ2v) is 6.14. The van der Waals surface area contributed by atoms with Crippen molar-refractivity contribution in [3.8, 4) is 23.6 Å². The van der Waals surface area contributed by atoms with E-state index in [1.54, 1.807) is 6.07 Å². The fourth-order valence-corrected chi connectivity index (χ4v) is 3.00. The normalized spacial score (nSPS) is 21.8. The van der Waals surface area contributed by atoms with Crippen LogP contribution >= 0.6 is 11.6 Å². The van der Waals surface area contributed by atoms with Crippen LogP contribution in [0.2, 0.25) is 5.02 Å². The van der Waals surface area contributed by atoms with E-state index >= 15 is 0 Å². The van der Waals surface area contributed by atoms with Gasteiger partial charge in [0.15, 0.2) is 11.6 Å². The number of benzene rings is 2. The Morgan fingerprint density at radius 2 is 1.74 bits per heavy atom. The largest absolute Gasteiger partial charge is 0.454 e. The molecule has 0 fully saturated rings. The molecule has 0 spiro atoms. The summed E-state index contributed by atoms with van der Waals surface area (Å²) in [5, 5.41) is 37.3. The first-order valence-corrected chi connectivity index (χ1v) is 7.52. The summed E-state index contributed by atoms with van der Waals surface area (Å²) in [4.78, 5) is 0. The molecule has 1 aliphatic carbocycles. The lowest BCUT2D eigenvalue weighted by atomic mass is 9.95. The highest BCUT2D eigenvalue weighted by molar-refractivity contribution is 6.30. The van der Waals surface area contributed by atoms with E-state index in [1.807, 2.05) is 0 Å². The maximum absolute atomic E-state index is 14.7. The Morgan fingerprint density at radius 3 is 2.33 bits per heavy atom. The van der Waals surface area contributed by atoms with Crippen LogP contribution < -0.4 is 4.74 Å². The van der Waals surface area contributed by atoms with Gasteiger partial charge < -0.3 is 14.9 Å². The van der Waals surface area contributed by atoms with Gasteiger partial charge in [-0.3, -0.25) is 0 Å². The molecule has 1 unspecified atom stereocenters. The molecule has 0 bridgehead atoms. The number of ether oxygens (including phenoxy) is 1. The molecule has 0 aliphatic heterocycles. The molecule has 0 radical (unpaired) electrons. The quantitative estimate of drug-likeness (QED) is 0.595. The molecule has 5 nitrogen and oxygen atoms in total. The summed E-state index contributed by atoms with van der Waals surface area (Å²) in [5.41, 5.74) is -7.37. The van der Waals surface area contributed by atoms with E-state index in [-0.39, 0.29) is 16.3 Å². The first-order chi connectivity index (χ1) is 12.5. The van der Waals surface area contributed by atoms with E-state index in [0.29, 0.717) is 18.2 Å². The summed E-state index contributed by atoms with van der Waals surface area (Å²) in [5.74, 6) is -11.5. The van der Waals surface area contributed by atoms with Gasteiger partial charge in [-0.05, 0) is 30.3 Å². The van der Waals surface area contributed by atoms with Crippen LogP contribution in [0.4, 0.5) is 17.6 Å². The lowest BCUT2D eigenvalue weighted by molar-refractivity contribution is -0.284. The molecule has 2 N–H and O–H groups in total. The van der Waals surface area contributed by atoms with Gasteiger partial charge in [-0.25, -0.2) is 8.78 Å². The zero-order valence-corrected chi connectivity index (χ0v) is 13.7. The van der Waals surface area contributed by atoms with Crippen molar-refractivity contribution in [2.24, 2.45) is 0 Å². The Labute approximate surface area is 154 Å². The van der Waals surface area contributed by atoms with Crippen LogP contribution in [0, 0.1) is 28.5 Å². The number of hydrogen-bond donors (Lipinski definition) is 2. The third-order valence-corrected chi connectivity index (χ3v) is 4.31. The Bertz CT molecular complexity index is 1050. The molecule has 2 aromatic carbocycles. The minimum absolute atomic E-state index is 0.0523. The van der Waals surface area contributed by atoms with Gasteiger partial charge in [0.05, 0.1) is 17.2 Å². The summed E-state index contributed by atoms with van der Waals surface area (Å²) >= 11 is 5.78. The molecule has 1 aliphatic rings. The lowest BCUT2D eigenvalue weighted by Gasteiger charge is -2.28. The van der Waals surface area contributed by atoms with Crippen LogP contribution in [0.1, 0.15) is 16.7 Å². The summed E-state index contributed by atoms with van der Waals surface area (Å²) in [6.45, 7) is 0. The summed E-state index contributed by atoms with van der Waals surface area (Å²) in [6.07, 6.45) is 0.